The van der Waals surface area contributed by atoms with E-state index in [2.05, 4.69) is 31.9 Å². The molecule has 0 aromatic heterocycles. The molecule has 110 valence electrons. The van der Waals surface area contributed by atoms with Crippen molar-refractivity contribution >= 4 is 49.4 Å². The van der Waals surface area contributed by atoms with Gasteiger partial charge in [-0.05, 0) is 52.7 Å². The molecule has 0 fully saturated rings. The number of halogens is 3. The van der Waals surface area contributed by atoms with Crippen molar-refractivity contribution in [2.75, 3.05) is 6.54 Å². The molecule has 5 heteroatoms. The quantitative estimate of drug-likeness (QED) is 0.624. The van der Waals surface area contributed by atoms with E-state index in [1.807, 2.05) is 49.4 Å². The summed E-state index contributed by atoms with van der Waals surface area (Å²) in [5.41, 5.74) is 1.58. The third kappa shape index (κ3) is 4.09. The Hall–Kier alpha value is -0.840. The summed E-state index contributed by atoms with van der Waals surface area (Å²) < 4.78 is 1.66. The molecule has 0 saturated carbocycles. The first-order valence-electron chi connectivity index (χ1n) is 6.50. The molecule has 0 aliphatic heterocycles. The SMILES string of the molecule is CCN(Cc1ccccc1Cl)C(=O)c1cc(Br)ccc1Br. The monoisotopic (exact) mass is 429 g/mol. The zero-order valence-corrected chi connectivity index (χ0v) is 15.4. The highest BCUT2D eigenvalue weighted by Gasteiger charge is 2.18. The first-order valence-corrected chi connectivity index (χ1v) is 8.47. The number of hydrogen-bond donors (Lipinski definition) is 0. The summed E-state index contributed by atoms with van der Waals surface area (Å²) in [5.74, 6) is -0.0226. The summed E-state index contributed by atoms with van der Waals surface area (Å²) in [6, 6.07) is 13.2. The van der Waals surface area contributed by atoms with E-state index in [0.29, 0.717) is 23.7 Å². The lowest BCUT2D eigenvalue weighted by Crippen LogP contribution is -2.30. The molecule has 0 bridgehead atoms. The molecule has 2 aromatic rings. The highest BCUT2D eigenvalue weighted by Crippen LogP contribution is 2.24. The minimum atomic E-state index is -0.0226. The van der Waals surface area contributed by atoms with Gasteiger partial charge in [0.2, 0.25) is 0 Å². The van der Waals surface area contributed by atoms with Crippen LogP contribution in [0.5, 0.6) is 0 Å². The second-order valence-corrected chi connectivity index (χ2v) is 6.71. The first-order chi connectivity index (χ1) is 10.0. The second kappa shape index (κ2) is 7.43. The van der Waals surface area contributed by atoms with E-state index in [-0.39, 0.29) is 5.91 Å². The lowest BCUT2D eigenvalue weighted by molar-refractivity contribution is 0.0751. The maximum Gasteiger partial charge on any atom is 0.255 e. The second-order valence-electron chi connectivity index (χ2n) is 4.53. The summed E-state index contributed by atoms with van der Waals surface area (Å²) >= 11 is 13.0. The largest absolute Gasteiger partial charge is 0.335 e. The fourth-order valence-corrected chi connectivity index (χ4v) is 2.96. The Kier molecular flexibility index (Phi) is 5.85. The smallest absolute Gasteiger partial charge is 0.255 e. The van der Waals surface area contributed by atoms with Crippen LogP contribution in [0.25, 0.3) is 0 Å². The van der Waals surface area contributed by atoms with Crippen molar-refractivity contribution in [2.24, 2.45) is 0 Å². The third-order valence-corrected chi connectivity index (χ3v) is 4.70. The average Bonchev–Trinajstić information content (AvgIpc) is 2.48. The summed E-state index contributed by atoms with van der Waals surface area (Å²) in [7, 11) is 0. The molecule has 2 aromatic carbocycles. The standard InChI is InChI=1S/C16H14Br2ClNO/c1-2-20(10-11-5-3-4-6-15(11)19)16(21)13-9-12(17)7-8-14(13)18/h3-9H,2,10H2,1H3. The zero-order chi connectivity index (χ0) is 15.4. The molecular formula is C16H14Br2ClNO. The van der Waals surface area contributed by atoms with Crippen LogP contribution < -0.4 is 0 Å². The highest BCUT2D eigenvalue weighted by atomic mass is 79.9. The molecule has 2 rings (SSSR count). The van der Waals surface area contributed by atoms with E-state index >= 15 is 0 Å². The first kappa shape index (κ1) is 16.5. The van der Waals surface area contributed by atoms with E-state index in [4.69, 9.17) is 11.6 Å². The van der Waals surface area contributed by atoms with E-state index in [1.54, 1.807) is 4.90 Å². The Bertz CT molecular complexity index is 660. The lowest BCUT2D eigenvalue weighted by Gasteiger charge is -2.22. The van der Waals surface area contributed by atoms with Crippen LogP contribution in [0.4, 0.5) is 0 Å². The molecule has 21 heavy (non-hydrogen) atoms. The number of rotatable bonds is 4. The topological polar surface area (TPSA) is 20.3 Å². The Morgan fingerprint density at radius 2 is 1.90 bits per heavy atom. The average molecular weight is 432 g/mol. The van der Waals surface area contributed by atoms with Gasteiger partial charge in [0.15, 0.2) is 0 Å². The van der Waals surface area contributed by atoms with Crippen molar-refractivity contribution in [1.29, 1.82) is 0 Å². The van der Waals surface area contributed by atoms with Gasteiger partial charge in [0.25, 0.3) is 5.91 Å². The number of carbonyl (C=O) groups is 1. The molecule has 1 amide bonds. The molecule has 0 saturated heterocycles. The van der Waals surface area contributed by atoms with Crippen LogP contribution >= 0.6 is 43.5 Å². The van der Waals surface area contributed by atoms with E-state index in [0.717, 1.165) is 14.5 Å². The van der Waals surface area contributed by atoms with Crippen LogP contribution in [0.2, 0.25) is 5.02 Å². The van der Waals surface area contributed by atoms with E-state index in [9.17, 15) is 4.79 Å². The van der Waals surface area contributed by atoms with Crippen LogP contribution in [0.15, 0.2) is 51.4 Å². The normalized spacial score (nSPS) is 10.5. The molecule has 0 unspecified atom stereocenters. The van der Waals surface area contributed by atoms with Gasteiger partial charge in [-0.3, -0.25) is 4.79 Å². The summed E-state index contributed by atoms with van der Waals surface area (Å²) in [6.45, 7) is 3.07. The van der Waals surface area contributed by atoms with Gasteiger partial charge in [0.1, 0.15) is 0 Å². The third-order valence-electron chi connectivity index (χ3n) is 3.15. The lowest BCUT2D eigenvalue weighted by atomic mass is 10.1. The summed E-state index contributed by atoms with van der Waals surface area (Å²) in [6.07, 6.45) is 0. The van der Waals surface area contributed by atoms with E-state index < -0.39 is 0 Å². The minimum Gasteiger partial charge on any atom is -0.335 e. The highest BCUT2D eigenvalue weighted by molar-refractivity contribution is 9.11. The summed E-state index contributed by atoms with van der Waals surface area (Å²) in [5, 5.41) is 0.678. The van der Waals surface area contributed by atoms with Gasteiger partial charge in [-0.25, -0.2) is 0 Å². The van der Waals surface area contributed by atoms with E-state index in [1.165, 1.54) is 0 Å². The van der Waals surface area contributed by atoms with Gasteiger partial charge >= 0.3 is 0 Å². The molecule has 0 aliphatic carbocycles. The Morgan fingerprint density at radius 1 is 1.19 bits per heavy atom. The van der Waals surface area contributed by atoms with Gasteiger partial charge in [0, 0.05) is 27.1 Å². The minimum absolute atomic E-state index is 0.0226. The van der Waals surface area contributed by atoms with Crippen LogP contribution in [0, 0.1) is 0 Å². The summed E-state index contributed by atoms with van der Waals surface area (Å²) in [4.78, 5) is 14.5. The number of benzene rings is 2. The van der Waals surface area contributed by atoms with Crippen molar-refractivity contribution in [3.05, 3.63) is 67.6 Å². The van der Waals surface area contributed by atoms with Gasteiger partial charge in [0.05, 0.1) is 5.56 Å². The van der Waals surface area contributed by atoms with Crippen LogP contribution in [0.1, 0.15) is 22.8 Å². The Morgan fingerprint density at radius 3 is 2.57 bits per heavy atom. The van der Waals surface area contributed by atoms with Crippen LogP contribution in [-0.2, 0) is 6.54 Å². The van der Waals surface area contributed by atoms with Gasteiger partial charge < -0.3 is 4.90 Å². The van der Waals surface area contributed by atoms with Gasteiger partial charge in [-0.2, -0.15) is 0 Å². The Labute approximate surface area is 146 Å². The number of hydrogen-bond acceptors (Lipinski definition) is 1. The fraction of sp³-hybridized carbons (Fsp3) is 0.188. The zero-order valence-electron chi connectivity index (χ0n) is 11.4. The van der Waals surface area contributed by atoms with Crippen molar-refractivity contribution in [1.82, 2.24) is 4.90 Å². The molecule has 0 N–H and O–H groups in total. The fourth-order valence-electron chi connectivity index (χ4n) is 1.99. The van der Waals surface area contributed by atoms with Gasteiger partial charge in [-0.1, -0.05) is 45.7 Å². The van der Waals surface area contributed by atoms with Crippen LogP contribution in [0.3, 0.4) is 0 Å². The molecule has 0 atom stereocenters. The predicted molar refractivity (Wildman–Crippen MR) is 93.7 cm³/mol. The van der Waals surface area contributed by atoms with Crippen molar-refractivity contribution in [3.8, 4) is 0 Å². The molecule has 0 aliphatic rings. The molecule has 2 nitrogen and oxygen atoms in total. The number of carbonyl (C=O) groups excluding carboxylic acids is 1. The number of amides is 1. The molecular weight excluding hydrogens is 417 g/mol. The van der Waals surface area contributed by atoms with Crippen molar-refractivity contribution < 1.29 is 4.79 Å². The van der Waals surface area contributed by atoms with Gasteiger partial charge in [-0.15, -0.1) is 0 Å². The molecule has 0 spiro atoms. The molecule has 0 heterocycles. The van der Waals surface area contributed by atoms with Crippen LogP contribution in [-0.4, -0.2) is 17.4 Å². The maximum absolute atomic E-state index is 12.7. The molecule has 0 radical (unpaired) electrons. The van der Waals surface area contributed by atoms with Crippen molar-refractivity contribution in [2.45, 2.75) is 13.5 Å². The maximum atomic E-state index is 12.7. The number of nitrogens with zero attached hydrogens (tertiary/aromatic N) is 1. The Balaban J connectivity index is 2.27. The van der Waals surface area contributed by atoms with Crippen molar-refractivity contribution in [3.63, 3.8) is 0 Å². The predicted octanol–water partition coefficient (Wildman–Crippen LogP) is 5.53.